The van der Waals surface area contributed by atoms with Crippen LogP contribution in [0.25, 0.3) is 0 Å². The standard InChI is InChI=1S/C17H19NO2/c1-3-13-6-4-5-7-14(13)11-18-16-9-8-12(2)10-15(16)17(19)20/h4-10,18H,3,11H2,1-2H3,(H,19,20). The summed E-state index contributed by atoms with van der Waals surface area (Å²) in [6.07, 6.45) is 0.970. The van der Waals surface area contributed by atoms with Crippen LogP contribution in [0.15, 0.2) is 42.5 Å². The Bertz CT molecular complexity index is 620. The highest BCUT2D eigenvalue weighted by Gasteiger charge is 2.10. The molecule has 0 atom stereocenters. The molecule has 2 N–H and O–H groups in total. The van der Waals surface area contributed by atoms with E-state index in [9.17, 15) is 9.90 Å². The third-order valence-corrected chi connectivity index (χ3v) is 3.37. The quantitative estimate of drug-likeness (QED) is 0.866. The monoisotopic (exact) mass is 269 g/mol. The molecule has 2 aromatic rings. The van der Waals surface area contributed by atoms with Gasteiger partial charge in [0.15, 0.2) is 0 Å². The Morgan fingerprint density at radius 2 is 1.85 bits per heavy atom. The van der Waals surface area contributed by atoms with Crippen molar-refractivity contribution >= 4 is 11.7 Å². The topological polar surface area (TPSA) is 49.3 Å². The van der Waals surface area contributed by atoms with Gasteiger partial charge in [-0.1, -0.05) is 42.8 Å². The lowest BCUT2D eigenvalue weighted by Crippen LogP contribution is -2.08. The zero-order valence-corrected chi connectivity index (χ0v) is 11.8. The minimum absolute atomic E-state index is 0.318. The van der Waals surface area contributed by atoms with Crippen LogP contribution in [0.1, 0.15) is 34.0 Å². The lowest BCUT2D eigenvalue weighted by molar-refractivity contribution is 0.0698. The van der Waals surface area contributed by atoms with Crippen molar-refractivity contribution in [1.82, 2.24) is 0 Å². The van der Waals surface area contributed by atoms with E-state index in [2.05, 4.69) is 24.4 Å². The summed E-state index contributed by atoms with van der Waals surface area (Å²) in [5.41, 5.74) is 4.41. The molecule has 0 heterocycles. The molecule has 3 nitrogen and oxygen atoms in total. The number of anilines is 1. The molecule has 20 heavy (non-hydrogen) atoms. The van der Waals surface area contributed by atoms with Crippen molar-refractivity contribution in [3.05, 3.63) is 64.7 Å². The van der Waals surface area contributed by atoms with Crippen LogP contribution in [-0.2, 0) is 13.0 Å². The predicted octanol–water partition coefficient (Wildman–Crippen LogP) is 3.87. The first-order chi connectivity index (χ1) is 9.61. The van der Waals surface area contributed by atoms with Gasteiger partial charge < -0.3 is 10.4 Å². The second-order valence-electron chi connectivity index (χ2n) is 4.83. The van der Waals surface area contributed by atoms with E-state index in [0.29, 0.717) is 17.8 Å². The van der Waals surface area contributed by atoms with Crippen LogP contribution in [0, 0.1) is 6.92 Å². The number of carbonyl (C=O) groups is 1. The van der Waals surface area contributed by atoms with Crippen LogP contribution in [0.5, 0.6) is 0 Å². The molecule has 0 saturated heterocycles. The van der Waals surface area contributed by atoms with Gasteiger partial charge >= 0.3 is 5.97 Å². The summed E-state index contributed by atoms with van der Waals surface area (Å²) >= 11 is 0. The van der Waals surface area contributed by atoms with E-state index in [1.165, 1.54) is 11.1 Å². The van der Waals surface area contributed by atoms with Gasteiger partial charge in [0, 0.05) is 12.2 Å². The van der Waals surface area contributed by atoms with E-state index >= 15 is 0 Å². The number of benzene rings is 2. The van der Waals surface area contributed by atoms with Crippen LogP contribution < -0.4 is 5.32 Å². The largest absolute Gasteiger partial charge is 0.478 e. The molecule has 2 rings (SSSR count). The van der Waals surface area contributed by atoms with Crippen molar-refractivity contribution in [3.63, 3.8) is 0 Å². The van der Waals surface area contributed by atoms with Gasteiger partial charge in [-0.15, -0.1) is 0 Å². The number of carboxylic acids is 1. The summed E-state index contributed by atoms with van der Waals surface area (Å²) < 4.78 is 0. The van der Waals surface area contributed by atoms with Crippen molar-refractivity contribution in [1.29, 1.82) is 0 Å². The molecule has 0 fully saturated rings. The van der Waals surface area contributed by atoms with Crippen molar-refractivity contribution < 1.29 is 9.90 Å². The lowest BCUT2D eigenvalue weighted by atomic mass is 10.0. The number of rotatable bonds is 5. The van der Waals surface area contributed by atoms with Crippen LogP contribution in [0.2, 0.25) is 0 Å². The molecule has 3 heteroatoms. The first-order valence-corrected chi connectivity index (χ1v) is 6.76. The number of hydrogen-bond acceptors (Lipinski definition) is 2. The molecule has 0 spiro atoms. The number of carboxylic acid groups (broad SMARTS) is 1. The molecule has 0 aliphatic carbocycles. The molecular formula is C17H19NO2. The number of aryl methyl sites for hydroxylation is 2. The third kappa shape index (κ3) is 3.18. The summed E-state index contributed by atoms with van der Waals surface area (Å²) in [7, 11) is 0. The van der Waals surface area contributed by atoms with E-state index in [1.807, 2.05) is 31.2 Å². The molecule has 0 amide bonds. The maximum Gasteiger partial charge on any atom is 0.337 e. The molecule has 0 radical (unpaired) electrons. The zero-order valence-electron chi connectivity index (χ0n) is 11.8. The Morgan fingerprint density at radius 1 is 1.15 bits per heavy atom. The summed E-state index contributed by atoms with van der Waals surface area (Å²) in [4.78, 5) is 11.3. The Labute approximate surface area is 119 Å². The number of nitrogens with one attached hydrogen (secondary N) is 1. The van der Waals surface area contributed by atoms with Gasteiger partial charge in [0.2, 0.25) is 0 Å². The Balaban J connectivity index is 2.21. The second-order valence-corrected chi connectivity index (χ2v) is 4.83. The zero-order chi connectivity index (χ0) is 14.5. The fourth-order valence-corrected chi connectivity index (χ4v) is 2.25. The molecule has 0 aromatic heterocycles. The summed E-state index contributed by atoms with van der Waals surface area (Å²) in [6.45, 7) is 4.64. The van der Waals surface area contributed by atoms with E-state index in [0.717, 1.165) is 12.0 Å². The highest BCUT2D eigenvalue weighted by atomic mass is 16.4. The van der Waals surface area contributed by atoms with E-state index < -0.39 is 5.97 Å². The minimum atomic E-state index is -0.903. The van der Waals surface area contributed by atoms with Crippen LogP contribution in [-0.4, -0.2) is 11.1 Å². The number of hydrogen-bond donors (Lipinski definition) is 2. The minimum Gasteiger partial charge on any atom is -0.478 e. The summed E-state index contributed by atoms with van der Waals surface area (Å²) in [5, 5.41) is 12.5. The Kier molecular flexibility index (Phi) is 4.41. The van der Waals surface area contributed by atoms with E-state index in [1.54, 1.807) is 6.07 Å². The summed E-state index contributed by atoms with van der Waals surface area (Å²) in [6, 6.07) is 13.6. The van der Waals surface area contributed by atoms with Crippen LogP contribution >= 0.6 is 0 Å². The van der Waals surface area contributed by atoms with Crippen LogP contribution in [0.4, 0.5) is 5.69 Å². The molecule has 0 unspecified atom stereocenters. The van der Waals surface area contributed by atoms with Crippen molar-refractivity contribution in [2.24, 2.45) is 0 Å². The van der Waals surface area contributed by atoms with Gasteiger partial charge in [-0.2, -0.15) is 0 Å². The predicted molar refractivity (Wildman–Crippen MR) is 81.3 cm³/mol. The van der Waals surface area contributed by atoms with Gasteiger partial charge in [0.05, 0.1) is 5.56 Å². The second kappa shape index (κ2) is 6.24. The molecule has 2 aromatic carbocycles. The fourth-order valence-electron chi connectivity index (χ4n) is 2.25. The highest BCUT2D eigenvalue weighted by Crippen LogP contribution is 2.19. The maximum atomic E-state index is 11.3. The van der Waals surface area contributed by atoms with Crippen LogP contribution in [0.3, 0.4) is 0 Å². The molecule has 0 saturated carbocycles. The van der Waals surface area contributed by atoms with E-state index in [-0.39, 0.29) is 0 Å². The van der Waals surface area contributed by atoms with Gasteiger partial charge in [-0.05, 0) is 36.6 Å². The van der Waals surface area contributed by atoms with E-state index in [4.69, 9.17) is 0 Å². The molecule has 0 bridgehead atoms. The van der Waals surface area contributed by atoms with Gasteiger partial charge in [-0.25, -0.2) is 4.79 Å². The van der Waals surface area contributed by atoms with Gasteiger partial charge in [0.25, 0.3) is 0 Å². The molecule has 0 aliphatic rings. The van der Waals surface area contributed by atoms with Crippen molar-refractivity contribution in [3.8, 4) is 0 Å². The maximum absolute atomic E-state index is 11.3. The first-order valence-electron chi connectivity index (χ1n) is 6.76. The molecular weight excluding hydrogens is 250 g/mol. The molecule has 104 valence electrons. The normalized spacial score (nSPS) is 10.3. The summed E-state index contributed by atoms with van der Waals surface area (Å²) in [5.74, 6) is -0.903. The first kappa shape index (κ1) is 14.1. The van der Waals surface area contributed by atoms with Crippen molar-refractivity contribution in [2.75, 3.05) is 5.32 Å². The Morgan fingerprint density at radius 3 is 2.50 bits per heavy atom. The lowest BCUT2D eigenvalue weighted by Gasteiger charge is -2.12. The molecule has 0 aliphatic heterocycles. The van der Waals surface area contributed by atoms with Gasteiger partial charge in [0.1, 0.15) is 0 Å². The van der Waals surface area contributed by atoms with Gasteiger partial charge in [-0.3, -0.25) is 0 Å². The number of aromatic carboxylic acids is 1. The highest BCUT2D eigenvalue weighted by molar-refractivity contribution is 5.94. The fraction of sp³-hybridized carbons (Fsp3) is 0.235. The average molecular weight is 269 g/mol. The SMILES string of the molecule is CCc1ccccc1CNc1ccc(C)cc1C(=O)O. The smallest absolute Gasteiger partial charge is 0.337 e. The third-order valence-electron chi connectivity index (χ3n) is 3.37. The van der Waals surface area contributed by atoms with Crippen molar-refractivity contribution in [2.45, 2.75) is 26.8 Å². The average Bonchev–Trinajstić information content (AvgIpc) is 2.46. The Hall–Kier alpha value is -2.29.